The molecule has 4 aromatic carbocycles. The Labute approximate surface area is 449 Å². The summed E-state index contributed by atoms with van der Waals surface area (Å²) in [7, 11) is 0. The third-order valence-electron chi connectivity index (χ3n) is 13.3. The van der Waals surface area contributed by atoms with Crippen molar-refractivity contribution < 1.29 is 18.9 Å². The lowest BCUT2D eigenvalue weighted by atomic mass is 9.92. The second kappa shape index (κ2) is 26.7. The van der Waals surface area contributed by atoms with Crippen molar-refractivity contribution in [3.63, 3.8) is 0 Å². The molecule has 0 spiro atoms. The fraction of sp³-hybridized carbons (Fsp3) is 0.235. The predicted octanol–water partition coefficient (Wildman–Crippen LogP) is 19.4. The van der Waals surface area contributed by atoms with Crippen LogP contribution in [0.2, 0.25) is 0 Å². The fourth-order valence-electron chi connectivity index (χ4n) is 9.46. The van der Waals surface area contributed by atoms with Crippen molar-refractivity contribution in [2.75, 3.05) is 0 Å². The van der Waals surface area contributed by atoms with Crippen LogP contribution in [0.5, 0.6) is 23.0 Å². The quantitative estimate of drug-likeness (QED) is 0.0480. The lowest BCUT2D eigenvalue weighted by Crippen LogP contribution is -2.01. The maximum Gasteiger partial charge on any atom is 0.150 e. The van der Waals surface area contributed by atoms with Gasteiger partial charge in [0.1, 0.15) is 23.0 Å². The third kappa shape index (κ3) is 12.8. The van der Waals surface area contributed by atoms with E-state index in [1.54, 1.807) is 0 Å². The highest BCUT2D eigenvalue weighted by Crippen LogP contribution is 2.52. The molecule has 386 valence electrons. The number of aromatic nitrogens is 4. The average Bonchev–Trinajstić information content (AvgIpc) is 4.27. The molecule has 2 aliphatic heterocycles. The molecule has 7 aromatic rings. The minimum absolute atomic E-state index is 0.665. The SMILES string of the molecule is CCCCC=COc1ccccc1-c1c(-c2ccccc2OC=CCCCC)c2c(-c3ccccc3OC=CCCCC)c3nc(cc4ccc(cc5nc(cc1n2-c1ccccc1OC=CCCCC)C=C5)[nH]4)C=C3. The maximum atomic E-state index is 6.81. The van der Waals surface area contributed by atoms with E-state index in [0.717, 1.165) is 161 Å². The highest BCUT2D eigenvalue weighted by molar-refractivity contribution is 6.13. The van der Waals surface area contributed by atoms with Crippen molar-refractivity contribution >= 4 is 46.4 Å². The van der Waals surface area contributed by atoms with Gasteiger partial charge in [-0.15, -0.1) is 0 Å². The van der Waals surface area contributed by atoms with Crippen LogP contribution in [-0.4, -0.2) is 19.5 Å². The molecule has 0 saturated heterocycles. The highest BCUT2D eigenvalue weighted by atomic mass is 16.5. The summed E-state index contributed by atoms with van der Waals surface area (Å²) in [6.07, 6.45) is 36.4. The van der Waals surface area contributed by atoms with E-state index in [1.165, 1.54) is 0 Å². The van der Waals surface area contributed by atoms with E-state index >= 15 is 0 Å². The number of aromatic amines is 1. The van der Waals surface area contributed by atoms with E-state index in [0.29, 0.717) is 23.0 Å². The molecule has 0 fully saturated rings. The van der Waals surface area contributed by atoms with Crippen LogP contribution >= 0.6 is 0 Å². The van der Waals surface area contributed by atoms with Crippen LogP contribution in [0.15, 0.2) is 177 Å². The smallest absolute Gasteiger partial charge is 0.150 e. The van der Waals surface area contributed by atoms with Crippen molar-refractivity contribution in [3.05, 3.63) is 200 Å². The Morgan fingerprint density at radius 1 is 0.421 bits per heavy atom. The molecule has 1 N–H and O–H groups in total. The van der Waals surface area contributed by atoms with Gasteiger partial charge in [0.15, 0.2) is 0 Å². The van der Waals surface area contributed by atoms with Gasteiger partial charge in [0.05, 0.1) is 64.5 Å². The molecule has 0 atom stereocenters. The molecule has 2 aliphatic rings. The van der Waals surface area contributed by atoms with Crippen LogP contribution in [0.4, 0.5) is 0 Å². The van der Waals surface area contributed by atoms with E-state index in [4.69, 9.17) is 28.9 Å². The maximum absolute atomic E-state index is 6.81. The van der Waals surface area contributed by atoms with Gasteiger partial charge in [-0.05, 0) is 161 Å². The predicted molar refractivity (Wildman–Crippen MR) is 317 cm³/mol. The number of benzene rings is 4. The first-order chi connectivity index (χ1) is 37.6. The number of ether oxygens (including phenoxy) is 4. The summed E-state index contributed by atoms with van der Waals surface area (Å²) in [5.74, 6) is 2.73. The van der Waals surface area contributed by atoms with Crippen molar-refractivity contribution in [1.29, 1.82) is 0 Å². The Morgan fingerprint density at radius 2 is 0.829 bits per heavy atom. The largest absolute Gasteiger partial charge is 0.465 e. The lowest BCUT2D eigenvalue weighted by Gasteiger charge is -2.17. The Balaban J connectivity index is 1.54. The van der Waals surface area contributed by atoms with Crippen LogP contribution in [0.1, 0.15) is 128 Å². The minimum Gasteiger partial charge on any atom is -0.465 e. The first-order valence-corrected chi connectivity index (χ1v) is 27.4. The topological polar surface area (TPSA) is 83.4 Å². The summed E-state index contributed by atoms with van der Waals surface area (Å²) in [4.78, 5) is 14.4. The zero-order chi connectivity index (χ0) is 52.3. The Morgan fingerprint density at radius 3 is 1.34 bits per heavy atom. The standard InChI is InChI=1S/C68H70N4O4/c1-5-9-13-25-43-73-61-33-21-17-29-55(61)65-58-42-41-53(71-58)48-52-38-37-50(69-52)47-51-39-40-54(70-51)49-60-66(56-30-18-22-34-62(56)74-44-26-14-10-6-2)67(57-31-19-23-35-63(57)75-45-27-15-11-7-3)68(65)72(60)59-32-20-24-36-64(59)76-46-28-16-12-8-4/h17-49,69H,5-16H2,1-4H3. The van der Waals surface area contributed by atoms with Gasteiger partial charge in [-0.1, -0.05) is 120 Å². The summed E-state index contributed by atoms with van der Waals surface area (Å²) < 4.78 is 29.5. The number of H-pyrrole nitrogens is 1. The number of allylic oxidation sites excluding steroid dienone is 4. The molecular weight excluding hydrogens is 937 g/mol. The second-order valence-electron chi connectivity index (χ2n) is 19.0. The molecule has 0 aliphatic carbocycles. The van der Waals surface area contributed by atoms with Crippen LogP contribution in [0, 0.1) is 0 Å². The number of nitrogens with one attached hydrogen (secondary N) is 1. The minimum atomic E-state index is 0.665. The molecule has 8 nitrogen and oxygen atoms in total. The lowest BCUT2D eigenvalue weighted by molar-refractivity contribution is 0.476. The monoisotopic (exact) mass is 1010 g/mol. The number of unbranched alkanes of at least 4 members (excludes halogenated alkanes) is 8. The van der Waals surface area contributed by atoms with Crippen LogP contribution in [-0.2, 0) is 0 Å². The van der Waals surface area contributed by atoms with E-state index in [9.17, 15) is 0 Å². The number of fused-ring (bicyclic) bond motifs is 8. The molecular formula is C68H70N4O4. The van der Waals surface area contributed by atoms with Crippen molar-refractivity contribution in [2.24, 2.45) is 0 Å². The molecule has 5 heterocycles. The van der Waals surface area contributed by atoms with Gasteiger partial charge in [0.25, 0.3) is 0 Å². The van der Waals surface area contributed by atoms with Gasteiger partial charge < -0.3 is 28.5 Å². The summed E-state index contributed by atoms with van der Waals surface area (Å²) in [6.45, 7) is 8.82. The van der Waals surface area contributed by atoms with Crippen molar-refractivity contribution in [3.8, 4) is 62.1 Å². The summed E-state index contributed by atoms with van der Waals surface area (Å²) in [6, 6.07) is 43.7. The molecule has 3 aromatic heterocycles. The van der Waals surface area contributed by atoms with E-state index < -0.39 is 0 Å². The van der Waals surface area contributed by atoms with Crippen LogP contribution in [0.3, 0.4) is 0 Å². The summed E-state index contributed by atoms with van der Waals surface area (Å²) >= 11 is 0. The van der Waals surface area contributed by atoms with E-state index in [-0.39, 0.29) is 0 Å². The fourth-order valence-corrected chi connectivity index (χ4v) is 9.46. The Hall–Kier alpha value is -8.36. The number of hydrogen-bond donors (Lipinski definition) is 1. The number of nitrogens with zero attached hydrogens (tertiary/aromatic N) is 3. The average molecular weight is 1010 g/mol. The van der Waals surface area contributed by atoms with Gasteiger partial charge in [-0.25, -0.2) is 9.97 Å². The van der Waals surface area contributed by atoms with E-state index in [2.05, 4.69) is 171 Å². The molecule has 8 heteroatoms. The Kier molecular flexibility index (Phi) is 18.5. The van der Waals surface area contributed by atoms with Gasteiger partial charge in [0.2, 0.25) is 0 Å². The van der Waals surface area contributed by atoms with E-state index in [1.807, 2.05) is 67.5 Å². The third-order valence-corrected chi connectivity index (χ3v) is 13.3. The first kappa shape index (κ1) is 52.5. The van der Waals surface area contributed by atoms with Crippen molar-refractivity contribution in [2.45, 2.75) is 105 Å². The number of rotatable bonds is 24. The summed E-state index contributed by atoms with van der Waals surface area (Å²) in [5.41, 5.74) is 12.6. The molecule has 0 saturated carbocycles. The highest BCUT2D eigenvalue weighted by Gasteiger charge is 2.30. The zero-order valence-electron chi connectivity index (χ0n) is 44.5. The normalized spacial score (nSPS) is 12.3. The number of hydrogen-bond acceptors (Lipinski definition) is 6. The first-order valence-electron chi connectivity index (χ1n) is 27.4. The van der Waals surface area contributed by atoms with Gasteiger partial charge >= 0.3 is 0 Å². The van der Waals surface area contributed by atoms with Crippen LogP contribution < -0.4 is 18.9 Å². The van der Waals surface area contributed by atoms with Gasteiger partial charge in [0, 0.05) is 44.4 Å². The molecule has 0 radical (unpaired) electrons. The molecule has 0 amide bonds. The number of para-hydroxylation sites is 5. The second-order valence-corrected chi connectivity index (χ2v) is 19.0. The van der Waals surface area contributed by atoms with Crippen molar-refractivity contribution in [1.82, 2.24) is 19.5 Å². The molecule has 0 unspecified atom stereocenters. The zero-order valence-corrected chi connectivity index (χ0v) is 44.5. The molecule has 8 bridgehead atoms. The Bertz CT molecular complexity index is 3460. The van der Waals surface area contributed by atoms with Gasteiger partial charge in [-0.2, -0.15) is 0 Å². The van der Waals surface area contributed by atoms with Crippen LogP contribution in [0.25, 0.3) is 85.4 Å². The summed E-state index contributed by atoms with van der Waals surface area (Å²) in [5, 5.41) is 0. The molecule has 9 rings (SSSR count). The molecule has 76 heavy (non-hydrogen) atoms. The van der Waals surface area contributed by atoms with Gasteiger partial charge in [-0.3, -0.25) is 0 Å².